The Morgan fingerprint density at radius 3 is 2.39 bits per heavy atom. The van der Waals surface area contributed by atoms with Gasteiger partial charge in [0.25, 0.3) is 0 Å². The SMILES string of the molecule is CC(C)C(=O)N1CCC(NS(=O)(=O)CCCl)CC1. The maximum Gasteiger partial charge on any atom is 0.225 e. The van der Waals surface area contributed by atoms with E-state index in [2.05, 4.69) is 4.72 Å². The number of nitrogens with one attached hydrogen (secondary N) is 1. The zero-order valence-corrected chi connectivity index (χ0v) is 12.4. The second kappa shape index (κ2) is 6.73. The number of piperidine rings is 1. The Morgan fingerprint density at radius 2 is 1.94 bits per heavy atom. The van der Waals surface area contributed by atoms with Crippen molar-refractivity contribution in [3.8, 4) is 0 Å². The van der Waals surface area contributed by atoms with E-state index in [4.69, 9.17) is 11.6 Å². The number of carbonyl (C=O) groups is 1. The average Bonchev–Trinajstić information content (AvgIpc) is 2.28. The van der Waals surface area contributed by atoms with Crippen molar-refractivity contribution in [2.24, 2.45) is 5.92 Å². The lowest BCUT2D eigenvalue weighted by atomic mass is 10.0. The highest BCUT2D eigenvalue weighted by atomic mass is 35.5. The topological polar surface area (TPSA) is 66.5 Å². The first-order chi connectivity index (χ1) is 8.35. The minimum Gasteiger partial charge on any atom is -0.342 e. The lowest BCUT2D eigenvalue weighted by molar-refractivity contribution is -0.135. The van der Waals surface area contributed by atoms with E-state index in [0.717, 1.165) is 0 Å². The number of alkyl halides is 1. The summed E-state index contributed by atoms with van der Waals surface area (Å²) in [6.45, 7) is 4.98. The van der Waals surface area contributed by atoms with Crippen LogP contribution >= 0.6 is 11.6 Å². The third kappa shape index (κ3) is 4.74. The zero-order valence-electron chi connectivity index (χ0n) is 10.9. The van der Waals surface area contributed by atoms with Crippen LogP contribution in [0.2, 0.25) is 0 Å². The molecule has 1 saturated heterocycles. The van der Waals surface area contributed by atoms with Crippen LogP contribution in [0.1, 0.15) is 26.7 Å². The molecule has 5 nitrogen and oxygen atoms in total. The van der Waals surface area contributed by atoms with Gasteiger partial charge in [-0.3, -0.25) is 4.79 Å². The molecule has 18 heavy (non-hydrogen) atoms. The van der Waals surface area contributed by atoms with Gasteiger partial charge in [-0.15, -0.1) is 11.6 Å². The van der Waals surface area contributed by atoms with Crippen molar-refractivity contribution in [3.63, 3.8) is 0 Å². The van der Waals surface area contributed by atoms with Crippen molar-refractivity contribution in [2.45, 2.75) is 32.7 Å². The molecule has 0 spiro atoms. The molecule has 0 aliphatic carbocycles. The highest BCUT2D eigenvalue weighted by Gasteiger charge is 2.26. The lowest BCUT2D eigenvalue weighted by Crippen LogP contribution is -2.48. The largest absolute Gasteiger partial charge is 0.342 e. The number of halogens is 1. The fourth-order valence-corrected chi connectivity index (χ4v) is 3.67. The first-order valence-electron chi connectivity index (χ1n) is 6.20. The molecule has 0 saturated carbocycles. The van der Waals surface area contributed by atoms with Gasteiger partial charge in [-0.1, -0.05) is 13.8 Å². The molecule has 1 N–H and O–H groups in total. The van der Waals surface area contributed by atoms with Gasteiger partial charge in [0.2, 0.25) is 15.9 Å². The zero-order chi connectivity index (χ0) is 13.8. The summed E-state index contributed by atoms with van der Waals surface area (Å²) in [5.41, 5.74) is 0. The fraction of sp³-hybridized carbons (Fsp3) is 0.909. The number of hydrogen-bond donors (Lipinski definition) is 1. The summed E-state index contributed by atoms with van der Waals surface area (Å²) in [5, 5.41) is 0. The van der Waals surface area contributed by atoms with Crippen molar-refractivity contribution >= 4 is 27.5 Å². The van der Waals surface area contributed by atoms with Gasteiger partial charge in [0.1, 0.15) is 0 Å². The number of likely N-dealkylation sites (tertiary alicyclic amines) is 1. The summed E-state index contributed by atoms with van der Waals surface area (Å²) in [6.07, 6.45) is 1.33. The van der Waals surface area contributed by atoms with Gasteiger partial charge < -0.3 is 4.90 Å². The molecular formula is C11H21ClN2O3S. The Hall–Kier alpha value is -0.330. The highest BCUT2D eigenvalue weighted by molar-refractivity contribution is 7.89. The summed E-state index contributed by atoms with van der Waals surface area (Å²) >= 11 is 5.43. The summed E-state index contributed by atoms with van der Waals surface area (Å²) in [4.78, 5) is 13.6. The van der Waals surface area contributed by atoms with Crippen LogP contribution in [0.5, 0.6) is 0 Å². The van der Waals surface area contributed by atoms with E-state index in [1.54, 1.807) is 4.90 Å². The molecule has 0 unspecified atom stereocenters. The molecule has 0 aromatic heterocycles. The quantitative estimate of drug-likeness (QED) is 0.763. The Kier molecular flexibility index (Phi) is 5.88. The van der Waals surface area contributed by atoms with Gasteiger partial charge in [0.05, 0.1) is 5.75 Å². The monoisotopic (exact) mass is 296 g/mol. The van der Waals surface area contributed by atoms with Crippen LogP contribution in [0, 0.1) is 5.92 Å². The van der Waals surface area contributed by atoms with Gasteiger partial charge in [-0.25, -0.2) is 13.1 Å². The predicted octanol–water partition coefficient (Wildman–Crippen LogP) is 0.792. The Bertz CT molecular complexity index is 376. The molecule has 1 amide bonds. The first kappa shape index (κ1) is 15.7. The molecule has 0 aromatic rings. The Morgan fingerprint density at radius 1 is 1.39 bits per heavy atom. The van der Waals surface area contributed by atoms with Crippen LogP contribution < -0.4 is 4.72 Å². The van der Waals surface area contributed by atoms with Crippen molar-refractivity contribution in [2.75, 3.05) is 24.7 Å². The molecule has 1 rings (SSSR count). The molecule has 0 radical (unpaired) electrons. The van der Waals surface area contributed by atoms with Crippen molar-refractivity contribution < 1.29 is 13.2 Å². The van der Waals surface area contributed by atoms with Crippen LogP contribution in [-0.4, -0.2) is 50.0 Å². The Labute approximate surface area is 114 Å². The van der Waals surface area contributed by atoms with Crippen LogP contribution in [0.4, 0.5) is 0 Å². The van der Waals surface area contributed by atoms with Crippen LogP contribution in [0.25, 0.3) is 0 Å². The third-order valence-electron chi connectivity index (χ3n) is 2.99. The van der Waals surface area contributed by atoms with Crippen LogP contribution in [0.15, 0.2) is 0 Å². The molecule has 106 valence electrons. The van der Waals surface area contributed by atoms with Gasteiger partial charge in [-0.05, 0) is 12.8 Å². The van der Waals surface area contributed by atoms with E-state index in [9.17, 15) is 13.2 Å². The van der Waals surface area contributed by atoms with Gasteiger partial charge >= 0.3 is 0 Å². The molecule has 1 heterocycles. The van der Waals surface area contributed by atoms with E-state index >= 15 is 0 Å². The summed E-state index contributed by atoms with van der Waals surface area (Å²) < 4.78 is 25.7. The molecule has 0 bridgehead atoms. The van der Waals surface area contributed by atoms with E-state index in [0.29, 0.717) is 25.9 Å². The summed E-state index contributed by atoms with van der Waals surface area (Å²) in [7, 11) is -3.27. The molecule has 1 aliphatic rings. The summed E-state index contributed by atoms with van der Waals surface area (Å²) in [5.74, 6) is 0.172. The number of carbonyl (C=O) groups excluding carboxylic acids is 1. The molecule has 1 fully saturated rings. The summed E-state index contributed by atoms with van der Waals surface area (Å²) in [6, 6.07) is -0.0746. The number of nitrogens with zero attached hydrogens (tertiary/aromatic N) is 1. The minimum absolute atomic E-state index is 0.00510. The second-order valence-corrected chi connectivity index (χ2v) is 7.13. The molecule has 1 aliphatic heterocycles. The lowest BCUT2D eigenvalue weighted by Gasteiger charge is -2.33. The maximum absolute atomic E-state index is 11.8. The predicted molar refractivity (Wildman–Crippen MR) is 72.1 cm³/mol. The normalized spacial score (nSPS) is 18.3. The second-order valence-electron chi connectivity index (χ2n) is 4.88. The van der Waals surface area contributed by atoms with E-state index in [1.807, 2.05) is 13.8 Å². The molecule has 7 heteroatoms. The van der Waals surface area contributed by atoms with Gasteiger partial charge in [0.15, 0.2) is 0 Å². The van der Waals surface area contributed by atoms with Gasteiger partial charge in [-0.2, -0.15) is 0 Å². The average molecular weight is 297 g/mol. The van der Waals surface area contributed by atoms with Crippen molar-refractivity contribution in [1.29, 1.82) is 0 Å². The van der Waals surface area contributed by atoms with E-state index in [1.165, 1.54) is 0 Å². The van der Waals surface area contributed by atoms with Gasteiger partial charge in [0, 0.05) is 30.9 Å². The van der Waals surface area contributed by atoms with Crippen molar-refractivity contribution in [1.82, 2.24) is 9.62 Å². The van der Waals surface area contributed by atoms with Crippen LogP contribution in [-0.2, 0) is 14.8 Å². The smallest absolute Gasteiger partial charge is 0.225 e. The maximum atomic E-state index is 11.8. The van der Waals surface area contributed by atoms with Crippen LogP contribution in [0.3, 0.4) is 0 Å². The van der Waals surface area contributed by atoms with E-state index < -0.39 is 10.0 Å². The molecule has 0 aromatic carbocycles. The fourth-order valence-electron chi connectivity index (χ4n) is 2.00. The first-order valence-corrected chi connectivity index (χ1v) is 8.39. The third-order valence-corrected chi connectivity index (χ3v) is 4.84. The highest BCUT2D eigenvalue weighted by Crippen LogP contribution is 2.14. The number of amides is 1. The van der Waals surface area contributed by atoms with Crippen molar-refractivity contribution in [3.05, 3.63) is 0 Å². The molecular weight excluding hydrogens is 276 g/mol. The number of rotatable bonds is 5. The van der Waals surface area contributed by atoms with E-state index in [-0.39, 0.29) is 29.5 Å². The standard InChI is InChI=1S/C11H21ClN2O3S/c1-9(2)11(15)14-6-3-10(4-7-14)13-18(16,17)8-5-12/h9-10,13H,3-8H2,1-2H3. The Balaban J connectivity index is 2.43. The molecule has 0 atom stereocenters. The number of sulfonamides is 1. The number of hydrogen-bond acceptors (Lipinski definition) is 3. The minimum atomic E-state index is -3.27.